The van der Waals surface area contributed by atoms with Gasteiger partial charge in [0.2, 0.25) is 0 Å². The van der Waals surface area contributed by atoms with E-state index in [0.717, 1.165) is 30.6 Å². The third kappa shape index (κ3) is 3.87. The van der Waals surface area contributed by atoms with E-state index in [1.54, 1.807) is 23.0 Å². The Morgan fingerprint density at radius 3 is 2.67 bits per heavy atom. The summed E-state index contributed by atoms with van der Waals surface area (Å²) in [7, 11) is -3.89. The molecule has 1 saturated carbocycles. The fourth-order valence-electron chi connectivity index (χ4n) is 3.29. The number of rotatable bonds is 5. The van der Waals surface area contributed by atoms with Crippen LogP contribution in [0.2, 0.25) is 10.0 Å². The SMILES string of the molecule is O=S(=O)(Nc1cc(Cl)ccc1Cl)c1cn(C2CCCC2)nc1-c1cccs1. The van der Waals surface area contributed by atoms with Gasteiger partial charge in [-0.05, 0) is 42.5 Å². The van der Waals surface area contributed by atoms with E-state index >= 15 is 0 Å². The summed E-state index contributed by atoms with van der Waals surface area (Å²) in [6, 6.07) is 8.65. The molecule has 2 heterocycles. The monoisotopic (exact) mass is 441 g/mol. The van der Waals surface area contributed by atoms with Crippen LogP contribution in [0.5, 0.6) is 0 Å². The standard InChI is InChI=1S/C18H17Cl2N3O2S2/c19-12-7-8-14(20)15(10-12)22-27(24,25)17-11-23(13-4-1-2-5-13)21-18(17)16-6-3-9-26-16/h3,6-11,13,22H,1-2,4-5H2. The smallest absolute Gasteiger partial charge is 0.265 e. The summed E-state index contributed by atoms with van der Waals surface area (Å²) in [5, 5.41) is 7.22. The summed E-state index contributed by atoms with van der Waals surface area (Å²) in [6.45, 7) is 0. The van der Waals surface area contributed by atoms with Gasteiger partial charge >= 0.3 is 0 Å². The van der Waals surface area contributed by atoms with Gasteiger partial charge in [0.25, 0.3) is 10.0 Å². The second kappa shape index (κ2) is 7.47. The molecule has 0 unspecified atom stereocenters. The van der Waals surface area contributed by atoms with E-state index in [0.29, 0.717) is 10.7 Å². The summed E-state index contributed by atoms with van der Waals surface area (Å²) >= 11 is 13.6. The highest BCUT2D eigenvalue weighted by Gasteiger charge is 2.28. The van der Waals surface area contributed by atoms with Crippen LogP contribution in [0.15, 0.2) is 46.8 Å². The minimum Gasteiger partial charge on any atom is -0.278 e. The molecule has 2 aromatic heterocycles. The molecule has 0 aliphatic heterocycles. The average Bonchev–Trinajstić information content (AvgIpc) is 3.38. The Hall–Kier alpha value is -1.54. The number of aromatic nitrogens is 2. The van der Waals surface area contributed by atoms with E-state index in [9.17, 15) is 8.42 Å². The van der Waals surface area contributed by atoms with E-state index in [1.165, 1.54) is 17.4 Å². The van der Waals surface area contributed by atoms with Crippen molar-refractivity contribution >= 4 is 50.2 Å². The molecule has 1 aliphatic carbocycles. The second-order valence-corrected chi connectivity index (χ2v) is 9.91. The normalized spacial score (nSPS) is 15.3. The summed E-state index contributed by atoms with van der Waals surface area (Å²) in [5.41, 5.74) is 0.706. The molecule has 0 amide bonds. The van der Waals surface area contributed by atoms with Crippen LogP contribution in [-0.2, 0) is 10.0 Å². The van der Waals surface area contributed by atoms with Crippen molar-refractivity contribution in [2.24, 2.45) is 0 Å². The molecule has 9 heteroatoms. The first kappa shape index (κ1) is 18.8. The maximum atomic E-state index is 13.1. The van der Waals surface area contributed by atoms with Crippen LogP contribution in [0, 0.1) is 0 Å². The van der Waals surface area contributed by atoms with E-state index in [2.05, 4.69) is 9.82 Å². The summed E-state index contributed by atoms with van der Waals surface area (Å²) in [6.07, 6.45) is 5.93. The van der Waals surface area contributed by atoms with Crippen LogP contribution >= 0.6 is 34.5 Å². The maximum absolute atomic E-state index is 13.1. The number of nitrogens with zero attached hydrogens (tertiary/aromatic N) is 2. The van der Waals surface area contributed by atoms with Gasteiger partial charge in [-0.3, -0.25) is 9.40 Å². The molecule has 1 aliphatic rings. The van der Waals surface area contributed by atoms with Crippen molar-refractivity contribution in [3.05, 3.63) is 52.0 Å². The van der Waals surface area contributed by atoms with Crippen LogP contribution in [0.3, 0.4) is 0 Å². The van der Waals surface area contributed by atoms with Crippen molar-refractivity contribution in [3.63, 3.8) is 0 Å². The molecule has 1 fully saturated rings. The van der Waals surface area contributed by atoms with Gasteiger partial charge in [0, 0.05) is 11.2 Å². The zero-order valence-electron chi connectivity index (χ0n) is 14.2. The first-order chi connectivity index (χ1) is 12.9. The predicted molar refractivity (Wildman–Crippen MR) is 110 cm³/mol. The third-order valence-corrected chi connectivity index (χ3v) is 7.42. The average molecular weight is 442 g/mol. The topological polar surface area (TPSA) is 64.0 Å². The van der Waals surface area contributed by atoms with Crippen molar-refractivity contribution in [1.82, 2.24) is 9.78 Å². The number of halogens is 2. The predicted octanol–water partition coefficient (Wildman–Crippen LogP) is 5.83. The number of thiophene rings is 1. The second-order valence-electron chi connectivity index (χ2n) is 6.47. The summed E-state index contributed by atoms with van der Waals surface area (Å²) in [5.74, 6) is 0. The van der Waals surface area contributed by atoms with Gasteiger partial charge in [-0.25, -0.2) is 8.42 Å². The van der Waals surface area contributed by atoms with E-state index in [1.807, 2.05) is 17.5 Å². The molecular weight excluding hydrogens is 425 g/mol. The van der Waals surface area contributed by atoms with Crippen LogP contribution in [0.25, 0.3) is 10.6 Å². The number of sulfonamides is 1. The van der Waals surface area contributed by atoms with Crippen LogP contribution in [0.4, 0.5) is 5.69 Å². The molecule has 4 rings (SSSR count). The molecule has 142 valence electrons. The lowest BCUT2D eigenvalue weighted by molar-refractivity contribution is 0.467. The first-order valence-electron chi connectivity index (χ1n) is 8.55. The Labute approximate surface area is 172 Å². The van der Waals surface area contributed by atoms with Gasteiger partial charge in [-0.1, -0.05) is 42.1 Å². The fourth-order valence-corrected chi connectivity index (χ4v) is 5.69. The highest BCUT2D eigenvalue weighted by atomic mass is 35.5. The zero-order chi connectivity index (χ0) is 19.0. The van der Waals surface area contributed by atoms with E-state index < -0.39 is 10.0 Å². The molecule has 1 aromatic carbocycles. The Morgan fingerprint density at radius 1 is 1.19 bits per heavy atom. The molecule has 0 bridgehead atoms. The molecular formula is C18H17Cl2N3O2S2. The van der Waals surface area contributed by atoms with Gasteiger partial charge in [-0.2, -0.15) is 5.10 Å². The van der Waals surface area contributed by atoms with E-state index in [4.69, 9.17) is 23.2 Å². The highest BCUT2D eigenvalue weighted by molar-refractivity contribution is 7.92. The van der Waals surface area contributed by atoms with Gasteiger partial charge in [0.1, 0.15) is 10.6 Å². The lowest BCUT2D eigenvalue weighted by Crippen LogP contribution is -2.13. The fraction of sp³-hybridized carbons (Fsp3) is 0.278. The zero-order valence-corrected chi connectivity index (χ0v) is 17.4. The van der Waals surface area contributed by atoms with Crippen LogP contribution in [-0.4, -0.2) is 18.2 Å². The quantitative estimate of drug-likeness (QED) is 0.540. The molecule has 0 spiro atoms. The largest absolute Gasteiger partial charge is 0.278 e. The number of benzene rings is 1. The molecule has 27 heavy (non-hydrogen) atoms. The number of hydrogen-bond acceptors (Lipinski definition) is 4. The lowest BCUT2D eigenvalue weighted by atomic mass is 10.3. The van der Waals surface area contributed by atoms with Crippen molar-refractivity contribution in [1.29, 1.82) is 0 Å². The highest BCUT2D eigenvalue weighted by Crippen LogP contribution is 2.36. The first-order valence-corrected chi connectivity index (χ1v) is 11.7. The third-order valence-electron chi connectivity index (χ3n) is 4.61. The Morgan fingerprint density at radius 2 is 1.96 bits per heavy atom. The number of anilines is 1. The van der Waals surface area contributed by atoms with Crippen molar-refractivity contribution in [3.8, 4) is 10.6 Å². The van der Waals surface area contributed by atoms with Gasteiger partial charge < -0.3 is 0 Å². The summed E-state index contributed by atoms with van der Waals surface area (Å²) in [4.78, 5) is 0.956. The molecule has 0 saturated heterocycles. The molecule has 3 aromatic rings. The Bertz CT molecular complexity index is 1060. The van der Waals surface area contributed by atoms with Crippen molar-refractivity contribution in [2.75, 3.05) is 4.72 Å². The van der Waals surface area contributed by atoms with Crippen molar-refractivity contribution in [2.45, 2.75) is 36.6 Å². The minimum atomic E-state index is -3.89. The lowest BCUT2D eigenvalue weighted by Gasteiger charge is -2.10. The summed E-state index contributed by atoms with van der Waals surface area (Å²) < 4.78 is 30.7. The molecule has 0 radical (unpaired) electrons. The van der Waals surface area contributed by atoms with Crippen LogP contribution in [0.1, 0.15) is 31.7 Å². The number of nitrogens with one attached hydrogen (secondary N) is 1. The number of hydrogen-bond donors (Lipinski definition) is 1. The van der Waals surface area contributed by atoms with Gasteiger partial charge in [-0.15, -0.1) is 11.3 Å². The van der Waals surface area contributed by atoms with Crippen LogP contribution < -0.4 is 4.72 Å². The minimum absolute atomic E-state index is 0.146. The van der Waals surface area contributed by atoms with Gasteiger partial charge in [0.15, 0.2) is 0 Å². The van der Waals surface area contributed by atoms with Crippen molar-refractivity contribution < 1.29 is 8.42 Å². The Kier molecular flexibility index (Phi) is 5.20. The maximum Gasteiger partial charge on any atom is 0.265 e. The molecule has 1 N–H and O–H groups in total. The molecule has 0 atom stereocenters. The van der Waals surface area contributed by atoms with E-state index in [-0.39, 0.29) is 21.6 Å². The van der Waals surface area contributed by atoms with Gasteiger partial charge in [0.05, 0.1) is 21.6 Å². The Balaban J connectivity index is 1.77. The molecule has 5 nitrogen and oxygen atoms in total.